The van der Waals surface area contributed by atoms with E-state index >= 15 is 0 Å². The van der Waals surface area contributed by atoms with Crippen molar-refractivity contribution < 1.29 is 18.8 Å². The number of nitrogens with zero attached hydrogens (tertiary/aromatic N) is 3. The Morgan fingerprint density at radius 1 is 1.09 bits per heavy atom. The first-order valence-corrected chi connectivity index (χ1v) is 11.7. The van der Waals surface area contributed by atoms with Crippen LogP contribution < -0.4 is 5.32 Å². The van der Waals surface area contributed by atoms with Crippen molar-refractivity contribution in [3.8, 4) is 0 Å². The SMILES string of the molecule is CCCN(CCC)C(=O)Cc1csc(NC(=O)CN(C(=O)c2ccc(F)cc2)C(C)C)n1. The normalized spacial score (nSPS) is 10.8. The van der Waals surface area contributed by atoms with E-state index in [0.717, 1.165) is 12.8 Å². The second-order valence-electron chi connectivity index (χ2n) is 7.78. The average molecular weight is 463 g/mol. The Hall–Kier alpha value is -2.81. The smallest absolute Gasteiger partial charge is 0.254 e. The van der Waals surface area contributed by atoms with Crippen LogP contribution in [-0.2, 0) is 16.0 Å². The summed E-state index contributed by atoms with van der Waals surface area (Å²) >= 11 is 1.24. The highest BCUT2D eigenvalue weighted by Gasteiger charge is 2.22. The number of amides is 3. The van der Waals surface area contributed by atoms with E-state index in [1.165, 1.54) is 40.5 Å². The quantitative estimate of drug-likeness (QED) is 0.548. The van der Waals surface area contributed by atoms with Crippen molar-refractivity contribution in [1.82, 2.24) is 14.8 Å². The van der Waals surface area contributed by atoms with Gasteiger partial charge >= 0.3 is 0 Å². The minimum absolute atomic E-state index is 0.0211. The van der Waals surface area contributed by atoms with Gasteiger partial charge in [-0.2, -0.15) is 0 Å². The van der Waals surface area contributed by atoms with Gasteiger partial charge in [-0.25, -0.2) is 9.37 Å². The lowest BCUT2D eigenvalue weighted by Gasteiger charge is -2.26. The zero-order chi connectivity index (χ0) is 23.7. The molecular weight excluding hydrogens is 431 g/mol. The van der Waals surface area contributed by atoms with E-state index in [1.54, 1.807) is 19.2 Å². The number of thiazole rings is 1. The summed E-state index contributed by atoms with van der Waals surface area (Å²) < 4.78 is 13.1. The van der Waals surface area contributed by atoms with Crippen LogP contribution in [0.1, 0.15) is 56.6 Å². The maximum Gasteiger partial charge on any atom is 0.254 e. The van der Waals surface area contributed by atoms with Gasteiger partial charge in [-0.1, -0.05) is 13.8 Å². The Morgan fingerprint density at radius 3 is 2.28 bits per heavy atom. The molecule has 0 aliphatic rings. The van der Waals surface area contributed by atoms with Crippen LogP contribution in [-0.4, -0.2) is 58.2 Å². The topological polar surface area (TPSA) is 82.6 Å². The molecule has 174 valence electrons. The number of halogens is 1. The number of rotatable bonds is 11. The van der Waals surface area contributed by atoms with Gasteiger partial charge in [0.05, 0.1) is 12.1 Å². The maximum absolute atomic E-state index is 13.1. The molecule has 0 atom stereocenters. The molecule has 9 heteroatoms. The van der Waals surface area contributed by atoms with E-state index < -0.39 is 5.82 Å². The summed E-state index contributed by atoms with van der Waals surface area (Å²) in [4.78, 5) is 45.4. The summed E-state index contributed by atoms with van der Waals surface area (Å²) in [7, 11) is 0. The molecule has 1 heterocycles. The van der Waals surface area contributed by atoms with Gasteiger partial charge in [0.1, 0.15) is 12.4 Å². The second kappa shape index (κ2) is 12.3. The first kappa shape index (κ1) is 25.5. The Labute approximate surface area is 192 Å². The van der Waals surface area contributed by atoms with Crippen molar-refractivity contribution >= 4 is 34.2 Å². The van der Waals surface area contributed by atoms with E-state index in [-0.39, 0.29) is 36.7 Å². The van der Waals surface area contributed by atoms with E-state index in [1.807, 2.05) is 18.7 Å². The molecule has 1 aromatic carbocycles. The summed E-state index contributed by atoms with van der Waals surface area (Å²) in [6, 6.07) is 5.00. The van der Waals surface area contributed by atoms with Gasteiger partial charge in [-0.3, -0.25) is 14.4 Å². The molecule has 1 aromatic heterocycles. The molecule has 32 heavy (non-hydrogen) atoms. The highest BCUT2D eigenvalue weighted by Crippen LogP contribution is 2.17. The molecule has 7 nitrogen and oxygen atoms in total. The Balaban J connectivity index is 1.98. The molecule has 0 saturated carbocycles. The van der Waals surface area contributed by atoms with Crippen LogP contribution in [0.5, 0.6) is 0 Å². The van der Waals surface area contributed by atoms with Crippen molar-refractivity contribution in [2.45, 2.75) is 53.0 Å². The first-order chi connectivity index (χ1) is 15.2. The maximum atomic E-state index is 13.1. The molecule has 0 bridgehead atoms. The summed E-state index contributed by atoms with van der Waals surface area (Å²) in [6.07, 6.45) is 1.98. The number of carbonyl (C=O) groups excluding carboxylic acids is 3. The van der Waals surface area contributed by atoms with Crippen molar-refractivity contribution in [2.75, 3.05) is 25.0 Å². The predicted octanol–water partition coefficient (Wildman–Crippen LogP) is 3.96. The van der Waals surface area contributed by atoms with Crippen LogP contribution in [0.15, 0.2) is 29.6 Å². The minimum Gasteiger partial charge on any atom is -0.342 e. The lowest BCUT2D eigenvalue weighted by molar-refractivity contribution is -0.130. The van der Waals surface area contributed by atoms with Crippen molar-refractivity contribution in [3.63, 3.8) is 0 Å². The molecule has 0 unspecified atom stereocenters. The number of nitrogens with one attached hydrogen (secondary N) is 1. The monoisotopic (exact) mass is 462 g/mol. The second-order valence-corrected chi connectivity index (χ2v) is 8.64. The summed E-state index contributed by atoms with van der Waals surface area (Å²) in [5.74, 6) is -1.15. The Kier molecular flexibility index (Phi) is 9.77. The molecule has 0 fully saturated rings. The molecular formula is C23H31FN4O3S. The average Bonchev–Trinajstić information content (AvgIpc) is 3.18. The van der Waals surface area contributed by atoms with Crippen LogP contribution in [0.3, 0.4) is 0 Å². The first-order valence-electron chi connectivity index (χ1n) is 10.8. The van der Waals surface area contributed by atoms with Gasteiger partial charge in [0, 0.05) is 30.1 Å². The van der Waals surface area contributed by atoms with E-state index in [4.69, 9.17) is 0 Å². The molecule has 1 N–H and O–H groups in total. The third kappa shape index (κ3) is 7.40. The fraction of sp³-hybridized carbons (Fsp3) is 0.478. The summed E-state index contributed by atoms with van der Waals surface area (Å²) in [5, 5.41) is 4.85. The van der Waals surface area contributed by atoms with Crippen LogP contribution in [0.2, 0.25) is 0 Å². The van der Waals surface area contributed by atoms with Gasteiger partial charge in [-0.05, 0) is 51.0 Å². The summed E-state index contributed by atoms with van der Waals surface area (Å²) in [5.41, 5.74) is 0.919. The number of carbonyl (C=O) groups is 3. The zero-order valence-electron chi connectivity index (χ0n) is 19.1. The molecule has 3 amide bonds. The largest absolute Gasteiger partial charge is 0.342 e. The van der Waals surface area contributed by atoms with Crippen LogP contribution in [0, 0.1) is 5.82 Å². The molecule has 0 aliphatic heterocycles. The van der Waals surface area contributed by atoms with Gasteiger partial charge in [0.2, 0.25) is 11.8 Å². The van der Waals surface area contributed by atoms with Crippen LogP contribution in [0.25, 0.3) is 0 Å². The fourth-order valence-electron chi connectivity index (χ4n) is 3.17. The summed E-state index contributed by atoms with van der Waals surface area (Å²) in [6.45, 7) is 8.95. The standard InChI is InChI=1S/C23H31FN4O3S/c1-5-11-27(12-6-2)21(30)13-19-15-32-23(25-19)26-20(29)14-28(16(3)4)22(31)17-7-9-18(24)10-8-17/h7-10,15-16H,5-6,11-14H2,1-4H3,(H,25,26,29). The number of aromatic nitrogens is 1. The van der Waals surface area contributed by atoms with Crippen molar-refractivity contribution in [2.24, 2.45) is 0 Å². The number of benzene rings is 1. The highest BCUT2D eigenvalue weighted by molar-refractivity contribution is 7.13. The molecule has 0 saturated heterocycles. The van der Waals surface area contributed by atoms with Gasteiger partial charge in [0.25, 0.3) is 5.91 Å². The van der Waals surface area contributed by atoms with Crippen molar-refractivity contribution in [1.29, 1.82) is 0 Å². The van der Waals surface area contributed by atoms with Gasteiger partial charge < -0.3 is 15.1 Å². The predicted molar refractivity (Wildman–Crippen MR) is 124 cm³/mol. The number of anilines is 1. The molecule has 2 rings (SSSR count). The number of hydrogen-bond donors (Lipinski definition) is 1. The molecule has 0 spiro atoms. The van der Waals surface area contributed by atoms with E-state index in [9.17, 15) is 18.8 Å². The Morgan fingerprint density at radius 2 is 1.72 bits per heavy atom. The van der Waals surface area contributed by atoms with Crippen LogP contribution >= 0.6 is 11.3 Å². The third-order valence-corrected chi connectivity index (χ3v) is 5.57. The van der Waals surface area contributed by atoms with Crippen molar-refractivity contribution in [3.05, 3.63) is 46.7 Å². The zero-order valence-corrected chi connectivity index (χ0v) is 19.9. The van der Waals surface area contributed by atoms with E-state index in [0.29, 0.717) is 29.5 Å². The van der Waals surface area contributed by atoms with Gasteiger partial charge in [0.15, 0.2) is 5.13 Å². The molecule has 0 radical (unpaired) electrons. The van der Waals surface area contributed by atoms with Crippen LogP contribution in [0.4, 0.5) is 9.52 Å². The van der Waals surface area contributed by atoms with Gasteiger partial charge in [-0.15, -0.1) is 11.3 Å². The minimum atomic E-state index is -0.430. The van der Waals surface area contributed by atoms with E-state index in [2.05, 4.69) is 10.3 Å². The molecule has 2 aromatic rings. The highest BCUT2D eigenvalue weighted by atomic mass is 32.1. The lowest BCUT2D eigenvalue weighted by Crippen LogP contribution is -2.42. The fourth-order valence-corrected chi connectivity index (χ4v) is 3.90. The third-order valence-electron chi connectivity index (χ3n) is 4.76. The Bertz CT molecular complexity index is 908. The molecule has 0 aliphatic carbocycles. The number of hydrogen-bond acceptors (Lipinski definition) is 5. The lowest BCUT2D eigenvalue weighted by atomic mass is 10.1.